The maximum absolute atomic E-state index is 14.1. The number of aromatic nitrogens is 1. The fourth-order valence-electron chi connectivity index (χ4n) is 7.41. The SMILES string of the molecule is O=C(NO)c1ccc2c(C3CCCCC3)c3n(c2c1)C[C@@]1(C(=O)N2CCOCC2)C[C@H]1c1ccccc1-3. The quantitative estimate of drug-likeness (QED) is 0.400. The molecule has 3 aromatic rings. The number of rotatable bonds is 3. The minimum absolute atomic E-state index is 0.192. The van der Waals surface area contributed by atoms with Gasteiger partial charge in [-0.15, -0.1) is 0 Å². The molecule has 0 spiro atoms. The largest absolute Gasteiger partial charge is 0.378 e. The molecule has 37 heavy (non-hydrogen) atoms. The summed E-state index contributed by atoms with van der Waals surface area (Å²) in [6.45, 7) is 3.06. The van der Waals surface area contributed by atoms with Crippen LogP contribution in [-0.2, 0) is 16.1 Å². The summed E-state index contributed by atoms with van der Waals surface area (Å²) in [6, 6.07) is 14.4. The number of hydrogen-bond acceptors (Lipinski definition) is 4. The first kappa shape index (κ1) is 23.0. The van der Waals surface area contributed by atoms with E-state index in [0.29, 0.717) is 44.3 Å². The van der Waals surface area contributed by atoms with E-state index in [0.717, 1.165) is 24.8 Å². The summed E-state index contributed by atoms with van der Waals surface area (Å²) in [4.78, 5) is 28.5. The maximum atomic E-state index is 14.1. The molecule has 2 atom stereocenters. The van der Waals surface area contributed by atoms with Crippen LogP contribution in [0, 0.1) is 5.41 Å². The van der Waals surface area contributed by atoms with E-state index in [9.17, 15) is 14.8 Å². The molecule has 4 aliphatic rings. The number of hydroxylamine groups is 1. The number of carbonyl (C=O) groups excluding carboxylic acids is 2. The zero-order chi connectivity index (χ0) is 25.1. The van der Waals surface area contributed by atoms with Crippen molar-refractivity contribution < 1.29 is 19.5 Å². The van der Waals surface area contributed by atoms with Crippen molar-refractivity contribution in [3.05, 3.63) is 59.2 Å². The van der Waals surface area contributed by atoms with E-state index < -0.39 is 11.3 Å². The first-order valence-corrected chi connectivity index (χ1v) is 13.7. The van der Waals surface area contributed by atoms with Crippen molar-refractivity contribution >= 4 is 22.7 Å². The van der Waals surface area contributed by atoms with Crippen LogP contribution in [0.5, 0.6) is 0 Å². The summed E-state index contributed by atoms with van der Waals surface area (Å²) in [6.07, 6.45) is 6.90. The fraction of sp³-hybridized carbons (Fsp3) is 0.467. The number of hydrogen-bond donors (Lipinski definition) is 2. The van der Waals surface area contributed by atoms with Crippen LogP contribution >= 0.6 is 0 Å². The second-order valence-electron chi connectivity index (χ2n) is 11.3. The van der Waals surface area contributed by atoms with Gasteiger partial charge in [0.05, 0.1) is 24.3 Å². The molecule has 7 rings (SSSR count). The Morgan fingerprint density at radius 3 is 2.59 bits per heavy atom. The lowest BCUT2D eigenvalue weighted by Gasteiger charge is -2.31. The van der Waals surface area contributed by atoms with Gasteiger partial charge >= 0.3 is 0 Å². The molecular formula is C30H33N3O4. The van der Waals surface area contributed by atoms with Gasteiger partial charge < -0.3 is 14.2 Å². The van der Waals surface area contributed by atoms with E-state index in [4.69, 9.17) is 4.74 Å². The Balaban J connectivity index is 1.47. The first-order valence-electron chi connectivity index (χ1n) is 13.7. The predicted octanol–water partition coefficient (Wildman–Crippen LogP) is 4.82. The van der Waals surface area contributed by atoms with Crippen LogP contribution in [0.25, 0.3) is 22.2 Å². The number of amides is 2. The molecule has 2 aromatic carbocycles. The van der Waals surface area contributed by atoms with Crippen LogP contribution in [0.4, 0.5) is 0 Å². The maximum Gasteiger partial charge on any atom is 0.274 e. The van der Waals surface area contributed by atoms with Gasteiger partial charge in [-0.05, 0) is 48.4 Å². The summed E-state index contributed by atoms with van der Waals surface area (Å²) >= 11 is 0. The second-order valence-corrected chi connectivity index (χ2v) is 11.3. The molecule has 1 saturated heterocycles. The Morgan fingerprint density at radius 2 is 1.81 bits per heavy atom. The van der Waals surface area contributed by atoms with Crippen LogP contribution in [0.15, 0.2) is 42.5 Å². The summed E-state index contributed by atoms with van der Waals surface area (Å²) in [5.74, 6) is 0.360. The zero-order valence-electron chi connectivity index (χ0n) is 21.0. The highest BCUT2D eigenvalue weighted by molar-refractivity contribution is 6.01. The minimum Gasteiger partial charge on any atom is -0.378 e. The van der Waals surface area contributed by atoms with E-state index in [1.807, 2.05) is 11.0 Å². The lowest BCUT2D eigenvalue weighted by molar-refractivity contribution is -0.141. The van der Waals surface area contributed by atoms with Crippen molar-refractivity contribution in [2.45, 2.75) is 56.9 Å². The second kappa shape index (κ2) is 8.71. The van der Waals surface area contributed by atoms with Gasteiger partial charge in [-0.2, -0.15) is 0 Å². The number of benzene rings is 2. The van der Waals surface area contributed by atoms with Crippen LogP contribution in [0.1, 0.15) is 71.8 Å². The van der Waals surface area contributed by atoms with Crippen LogP contribution in [0.3, 0.4) is 0 Å². The van der Waals surface area contributed by atoms with E-state index in [-0.39, 0.29) is 11.8 Å². The number of fused-ring (bicyclic) bond motifs is 7. The molecule has 2 N–H and O–H groups in total. The molecule has 7 heteroatoms. The number of nitrogens with one attached hydrogen (secondary N) is 1. The van der Waals surface area contributed by atoms with Crippen molar-refractivity contribution in [3.63, 3.8) is 0 Å². The van der Waals surface area contributed by atoms with Crippen molar-refractivity contribution in [2.24, 2.45) is 5.41 Å². The van der Waals surface area contributed by atoms with Crippen molar-refractivity contribution in [3.8, 4) is 11.3 Å². The van der Waals surface area contributed by atoms with Crippen LogP contribution in [0.2, 0.25) is 0 Å². The van der Waals surface area contributed by atoms with Gasteiger partial charge in [-0.3, -0.25) is 14.8 Å². The Hall–Kier alpha value is -3.16. The van der Waals surface area contributed by atoms with Crippen LogP contribution in [-0.4, -0.2) is 52.8 Å². The highest BCUT2D eigenvalue weighted by Crippen LogP contribution is 2.65. The molecule has 0 unspecified atom stereocenters. The van der Waals surface area contributed by atoms with Crippen LogP contribution < -0.4 is 5.48 Å². The molecule has 2 amide bonds. The third-order valence-electron chi connectivity index (χ3n) is 9.31. The Kier molecular flexibility index (Phi) is 5.41. The van der Waals surface area contributed by atoms with E-state index >= 15 is 0 Å². The lowest BCUT2D eigenvalue weighted by atomic mass is 9.81. The van der Waals surface area contributed by atoms with Gasteiger partial charge in [0, 0.05) is 47.6 Å². The average Bonchev–Trinajstić information content (AvgIpc) is 3.63. The highest BCUT2D eigenvalue weighted by Gasteiger charge is 2.63. The molecule has 3 fully saturated rings. The van der Waals surface area contributed by atoms with Crippen molar-refractivity contribution in [2.75, 3.05) is 26.3 Å². The normalized spacial score (nSPS) is 25.1. The summed E-state index contributed by atoms with van der Waals surface area (Å²) in [7, 11) is 0. The summed E-state index contributed by atoms with van der Waals surface area (Å²) in [5, 5.41) is 10.5. The lowest BCUT2D eigenvalue weighted by Crippen LogP contribution is -2.45. The number of morpholine rings is 1. The molecular weight excluding hydrogens is 466 g/mol. The highest BCUT2D eigenvalue weighted by atomic mass is 16.5. The third kappa shape index (κ3) is 3.47. The summed E-state index contributed by atoms with van der Waals surface area (Å²) < 4.78 is 7.88. The van der Waals surface area contributed by atoms with Gasteiger partial charge in [0.15, 0.2) is 0 Å². The first-order chi connectivity index (χ1) is 18.1. The molecule has 7 nitrogen and oxygen atoms in total. The van der Waals surface area contributed by atoms with Crippen molar-refractivity contribution in [1.29, 1.82) is 0 Å². The molecule has 2 aliphatic carbocycles. The molecule has 0 radical (unpaired) electrons. The summed E-state index contributed by atoms with van der Waals surface area (Å²) in [5.41, 5.74) is 7.80. The number of nitrogens with zero attached hydrogens (tertiary/aromatic N) is 2. The van der Waals surface area contributed by atoms with Gasteiger partial charge in [-0.25, -0.2) is 5.48 Å². The van der Waals surface area contributed by atoms with Gasteiger partial charge in [-0.1, -0.05) is 49.6 Å². The molecule has 2 saturated carbocycles. The molecule has 192 valence electrons. The Morgan fingerprint density at radius 1 is 1.03 bits per heavy atom. The van der Waals surface area contributed by atoms with Gasteiger partial charge in [0.25, 0.3) is 5.91 Å². The predicted molar refractivity (Wildman–Crippen MR) is 140 cm³/mol. The van der Waals surface area contributed by atoms with E-state index in [2.05, 4.69) is 34.9 Å². The van der Waals surface area contributed by atoms with E-state index in [1.165, 1.54) is 47.0 Å². The minimum atomic E-state index is -0.519. The van der Waals surface area contributed by atoms with Gasteiger partial charge in [0.1, 0.15) is 0 Å². The Bertz CT molecular complexity index is 1400. The molecule has 2 aliphatic heterocycles. The van der Waals surface area contributed by atoms with Gasteiger partial charge in [0.2, 0.25) is 5.91 Å². The standard InChI is InChI=1S/C30H33N3O4/c34-28(31-36)20-10-11-23-25(16-20)33-18-30(29(35)32-12-14-37-15-13-32)17-24(30)21-8-4-5-9-22(21)27(33)26(23)19-6-2-1-3-7-19/h4-5,8-11,16,19,24,36H,1-3,6-7,12-15,17-18H2,(H,31,34)/t24-,30-/m0/s1. The smallest absolute Gasteiger partial charge is 0.274 e. The average molecular weight is 500 g/mol. The number of ether oxygens (including phenoxy) is 1. The Labute approximate surface area is 216 Å². The fourth-order valence-corrected chi connectivity index (χ4v) is 7.41. The van der Waals surface area contributed by atoms with E-state index in [1.54, 1.807) is 11.5 Å². The molecule has 3 heterocycles. The number of carbonyl (C=O) groups is 2. The molecule has 0 bridgehead atoms. The third-order valence-corrected chi connectivity index (χ3v) is 9.31. The monoisotopic (exact) mass is 499 g/mol. The molecule has 1 aromatic heterocycles. The van der Waals surface area contributed by atoms with Crippen molar-refractivity contribution in [1.82, 2.24) is 14.9 Å². The topological polar surface area (TPSA) is 83.8 Å². The zero-order valence-corrected chi connectivity index (χ0v) is 21.0.